The lowest BCUT2D eigenvalue weighted by molar-refractivity contribution is -0.132. The quantitative estimate of drug-likeness (QED) is 0.795. The largest absolute Gasteiger partial charge is 0.378 e. The molecule has 1 saturated heterocycles. The zero-order valence-corrected chi connectivity index (χ0v) is 14.4. The molecule has 7 heteroatoms. The minimum absolute atomic E-state index is 0.121. The summed E-state index contributed by atoms with van der Waals surface area (Å²) in [6.07, 6.45) is 3.63. The lowest BCUT2D eigenvalue weighted by Crippen LogP contribution is -2.41. The van der Waals surface area contributed by atoms with Gasteiger partial charge in [0.15, 0.2) is 5.16 Å². The van der Waals surface area contributed by atoms with Gasteiger partial charge >= 0.3 is 0 Å². The smallest absolute Gasteiger partial charge is 0.233 e. The van der Waals surface area contributed by atoms with E-state index in [-0.39, 0.29) is 5.91 Å². The van der Waals surface area contributed by atoms with Crippen LogP contribution in [0.1, 0.15) is 5.56 Å². The number of aromatic nitrogens is 2. The number of nitrogens with zero attached hydrogens (tertiary/aromatic N) is 3. The van der Waals surface area contributed by atoms with Gasteiger partial charge in [0.2, 0.25) is 5.91 Å². The van der Waals surface area contributed by atoms with Crippen LogP contribution < -0.4 is 0 Å². The van der Waals surface area contributed by atoms with Gasteiger partial charge in [0.25, 0.3) is 0 Å². The number of ether oxygens (including phenoxy) is 1. The second kappa shape index (κ2) is 7.38. The molecule has 1 amide bonds. The molecule has 5 nitrogen and oxygen atoms in total. The van der Waals surface area contributed by atoms with Gasteiger partial charge in [-0.15, -0.1) is 0 Å². The van der Waals surface area contributed by atoms with Crippen LogP contribution in [-0.4, -0.2) is 52.4 Å². The number of morpholine rings is 1. The Kier molecular flexibility index (Phi) is 5.25. The maximum atomic E-state index is 12.3. The van der Waals surface area contributed by atoms with Crippen LogP contribution in [0.15, 0.2) is 35.7 Å². The van der Waals surface area contributed by atoms with Gasteiger partial charge in [-0.2, -0.15) is 0 Å². The minimum Gasteiger partial charge on any atom is -0.378 e. The van der Waals surface area contributed by atoms with E-state index in [1.807, 2.05) is 40.8 Å². The first-order valence-corrected chi connectivity index (χ1v) is 8.80. The van der Waals surface area contributed by atoms with E-state index < -0.39 is 0 Å². The Morgan fingerprint density at radius 3 is 2.96 bits per heavy atom. The summed E-state index contributed by atoms with van der Waals surface area (Å²) in [5.74, 6) is 0.493. The Bertz CT molecular complexity index is 698. The summed E-state index contributed by atoms with van der Waals surface area (Å²) in [6, 6.07) is 5.78. The van der Waals surface area contributed by atoms with E-state index in [2.05, 4.69) is 4.98 Å². The first-order chi connectivity index (χ1) is 11.2. The van der Waals surface area contributed by atoms with E-state index in [4.69, 9.17) is 16.3 Å². The van der Waals surface area contributed by atoms with E-state index in [9.17, 15) is 4.79 Å². The van der Waals surface area contributed by atoms with E-state index in [0.29, 0.717) is 32.1 Å². The molecule has 122 valence electrons. The Morgan fingerprint density at radius 1 is 1.39 bits per heavy atom. The predicted molar refractivity (Wildman–Crippen MR) is 91.4 cm³/mol. The molecular formula is C16H18ClN3O2S. The summed E-state index contributed by atoms with van der Waals surface area (Å²) >= 11 is 7.64. The zero-order valence-electron chi connectivity index (χ0n) is 12.9. The molecule has 0 radical (unpaired) electrons. The number of benzene rings is 1. The SMILES string of the molecule is Cc1c(Cl)cccc1-n1ccnc1SCC(=O)N1CCOCC1. The molecule has 1 aliphatic heterocycles. The van der Waals surface area contributed by atoms with Gasteiger partial charge in [0.1, 0.15) is 0 Å². The summed E-state index contributed by atoms with van der Waals surface area (Å²) in [6.45, 7) is 4.55. The maximum Gasteiger partial charge on any atom is 0.233 e. The number of thioether (sulfide) groups is 1. The van der Waals surface area contributed by atoms with Crippen molar-refractivity contribution in [2.45, 2.75) is 12.1 Å². The summed E-state index contributed by atoms with van der Waals surface area (Å²) < 4.78 is 7.24. The summed E-state index contributed by atoms with van der Waals surface area (Å²) in [5.41, 5.74) is 1.98. The fourth-order valence-corrected chi connectivity index (χ4v) is 3.51. The second-order valence-electron chi connectivity index (χ2n) is 5.25. The molecule has 1 fully saturated rings. The normalized spacial score (nSPS) is 15.0. The molecular weight excluding hydrogens is 334 g/mol. The molecule has 2 aromatic rings. The van der Waals surface area contributed by atoms with E-state index >= 15 is 0 Å². The van der Waals surface area contributed by atoms with E-state index in [0.717, 1.165) is 21.4 Å². The molecule has 0 N–H and O–H groups in total. The molecule has 0 saturated carbocycles. The second-order valence-corrected chi connectivity index (χ2v) is 6.60. The van der Waals surface area contributed by atoms with Gasteiger partial charge < -0.3 is 9.64 Å². The molecule has 0 aliphatic carbocycles. The summed E-state index contributed by atoms with van der Waals surface area (Å²) in [7, 11) is 0. The highest BCUT2D eigenvalue weighted by Gasteiger charge is 2.18. The standard InChI is InChI=1S/C16H18ClN3O2S/c1-12-13(17)3-2-4-14(12)20-6-5-18-16(20)23-11-15(21)19-7-9-22-10-8-19/h2-6H,7-11H2,1H3. The van der Waals surface area contributed by atoms with Crippen LogP contribution in [0.3, 0.4) is 0 Å². The van der Waals surface area contributed by atoms with E-state index in [1.165, 1.54) is 11.8 Å². The molecule has 23 heavy (non-hydrogen) atoms. The molecule has 1 aliphatic rings. The maximum absolute atomic E-state index is 12.3. The summed E-state index contributed by atoms with van der Waals surface area (Å²) in [5, 5.41) is 1.51. The number of carbonyl (C=O) groups is 1. The first-order valence-electron chi connectivity index (χ1n) is 7.44. The van der Waals surface area contributed by atoms with Crippen molar-refractivity contribution in [3.8, 4) is 5.69 Å². The highest BCUT2D eigenvalue weighted by atomic mass is 35.5. The van der Waals surface area contributed by atoms with Crippen molar-refractivity contribution < 1.29 is 9.53 Å². The molecule has 0 atom stereocenters. The Hall–Kier alpha value is -1.50. The topological polar surface area (TPSA) is 47.4 Å². The van der Waals surface area contributed by atoms with Gasteiger partial charge in [0.05, 0.1) is 24.7 Å². The van der Waals surface area contributed by atoms with Crippen LogP contribution in [0.2, 0.25) is 5.02 Å². The monoisotopic (exact) mass is 351 g/mol. The van der Waals surface area contributed by atoms with E-state index in [1.54, 1.807) is 6.20 Å². The number of carbonyl (C=O) groups excluding carboxylic acids is 1. The highest BCUT2D eigenvalue weighted by Crippen LogP contribution is 2.26. The Morgan fingerprint density at radius 2 is 2.17 bits per heavy atom. The van der Waals surface area contributed by atoms with Gasteiger partial charge in [-0.1, -0.05) is 29.4 Å². The van der Waals surface area contributed by atoms with Crippen molar-refractivity contribution in [2.24, 2.45) is 0 Å². The lowest BCUT2D eigenvalue weighted by atomic mass is 10.2. The number of rotatable bonds is 4. The van der Waals surface area contributed by atoms with Crippen molar-refractivity contribution in [1.29, 1.82) is 0 Å². The van der Waals surface area contributed by atoms with Crippen LogP contribution in [0.25, 0.3) is 5.69 Å². The zero-order chi connectivity index (χ0) is 16.2. The van der Waals surface area contributed by atoms with Crippen LogP contribution in [0.4, 0.5) is 0 Å². The highest BCUT2D eigenvalue weighted by molar-refractivity contribution is 7.99. The molecule has 0 unspecified atom stereocenters. The van der Waals surface area contributed by atoms with Crippen LogP contribution in [0.5, 0.6) is 0 Å². The Balaban J connectivity index is 1.71. The third kappa shape index (κ3) is 3.71. The predicted octanol–water partition coefficient (Wildman–Crippen LogP) is 2.79. The number of imidazole rings is 1. The fourth-order valence-electron chi connectivity index (χ4n) is 2.47. The summed E-state index contributed by atoms with van der Waals surface area (Å²) in [4.78, 5) is 18.5. The van der Waals surface area contributed by atoms with Crippen molar-refractivity contribution in [1.82, 2.24) is 14.5 Å². The van der Waals surface area contributed by atoms with Crippen molar-refractivity contribution in [2.75, 3.05) is 32.1 Å². The van der Waals surface area contributed by atoms with Crippen LogP contribution in [0, 0.1) is 6.92 Å². The average Bonchev–Trinajstić information content (AvgIpc) is 3.04. The minimum atomic E-state index is 0.121. The van der Waals surface area contributed by atoms with Gasteiger partial charge in [-0.3, -0.25) is 9.36 Å². The van der Waals surface area contributed by atoms with Crippen molar-refractivity contribution >= 4 is 29.3 Å². The molecule has 2 heterocycles. The third-order valence-corrected chi connectivity index (χ3v) is 5.16. The van der Waals surface area contributed by atoms with Gasteiger partial charge in [-0.05, 0) is 24.6 Å². The average molecular weight is 352 g/mol. The number of halogens is 1. The number of amides is 1. The van der Waals surface area contributed by atoms with Crippen molar-refractivity contribution in [3.05, 3.63) is 41.2 Å². The number of hydrogen-bond donors (Lipinski definition) is 0. The van der Waals surface area contributed by atoms with Gasteiger partial charge in [-0.25, -0.2) is 4.98 Å². The molecule has 1 aromatic heterocycles. The van der Waals surface area contributed by atoms with Crippen LogP contribution in [-0.2, 0) is 9.53 Å². The molecule has 0 bridgehead atoms. The van der Waals surface area contributed by atoms with Gasteiger partial charge in [0, 0.05) is 30.5 Å². The third-order valence-electron chi connectivity index (χ3n) is 3.79. The van der Waals surface area contributed by atoms with Crippen molar-refractivity contribution in [3.63, 3.8) is 0 Å². The fraction of sp³-hybridized carbons (Fsp3) is 0.375. The molecule has 1 aromatic carbocycles. The Labute approximate surface area is 144 Å². The first kappa shape index (κ1) is 16.4. The molecule has 3 rings (SSSR count). The van der Waals surface area contributed by atoms with Crippen LogP contribution >= 0.6 is 23.4 Å². The molecule has 0 spiro atoms. The number of hydrogen-bond acceptors (Lipinski definition) is 4. The lowest BCUT2D eigenvalue weighted by Gasteiger charge is -2.26.